The highest BCUT2D eigenvalue weighted by atomic mass is 16.5. The van der Waals surface area contributed by atoms with Gasteiger partial charge in [0.25, 0.3) is 0 Å². The first-order valence-electron chi connectivity index (χ1n) is 5.60. The van der Waals surface area contributed by atoms with E-state index in [-0.39, 0.29) is 0 Å². The van der Waals surface area contributed by atoms with E-state index in [4.69, 9.17) is 10.5 Å². The van der Waals surface area contributed by atoms with Crippen LogP contribution in [0.4, 0.5) is 0 Å². The van der Waals surface area contributed by atoms with Crippen molar-refractivity contribution >= 4 is 16.6 Å². The van der Waals surface area contributed by atoms with Crippen molar-refractivity contribution in [1.82, 2.24) is 0 Å². The Morgan fingerprint density at radius 2 is 1.94 bits per heavy atom. The van der Waals surface area contributed by atoms with Crippen molar-refractivity contribution in [3.8, 4) is 0 Å². The molecule has 0 unspecified atom stereocenters. The lowest BCUT2D eigenvalue weighted by Gasteiger charge is -2.06. The minimum absolute atomic E-state index is 0.568. The predicted octanol–water partition coefficient (Wildman–Crippen LogP) is 2.19. The molecule has 0 spiro atoms. The lowest BCUT2D eigenvalue weighted by Crippen LogP contribution is -2.15. The van der Waals surface area contributed by atoms with Crippen molar-refractivity contribution in [1.29, 1.82) is 0 Å². The van der Waals surface area contributed by atoms with Gasteiger partial charge in [0, 0.05) is 12.7 Å². The van der Waals surface area contributed by atoms with E-state index in [0.717, 1.165) is 10.9 Å². The van der Waals surface area contributed by atoms with Gasteiger partial charge in [-0.25, -0.2) is 0 Å². The molecule has 3 nitrogen and oxygen atoms in total. The standard InChI is InChI=1S/C14H16N2O/c1-17-10-9-16-14(15)13-8-4-6-11-5-2-3-7-12(11)13/h2-8H,9-10H2,1H3,(H2,15,16). The van der Waals surface area contributed by atoms with Crippen LogP contribution in [-0.4, -0.2) is 26.1 Å². The summed E-state index contributed by atoms with van der Waals surface area (Å²) in [5.74, 6) is 0.568. The van der Waals surface area contributed by atoms with Crippen LogP contribution in [-0.2, 0) is 4.74 Å². The summed E-state index contributed by atoms with van der Waals surface area (Å²) in [5.41, 5.74) is 6.98. The minimum atomic E-state index is 0.568. The van der Waals surface area contributed by atoms with E-state index in [1.54, 1.807) is 7.11 Å². The number of methoxy groups -OCH3 is 1. The molecule has 3 heteroatoms. The van der Waals surface area contributed by atoms with Crippen LogP contribution in [0.15, 0.2) is 47.5 Å². The molecule has 2 N–H and O–H groups in total. The summed E-state index contributed by atoms with van der Waals surface area (Å²) >= 11 is 0. The molecule has 0 aliphatic heterocycles. The Morgan fingerprint density at radius 3 is 2.76 bits per heavy atom. The van der Waals surface area contributed by atoms with Gasteiger partial charge in [0.1, 0.15) is 5.84 Å². The number of benzene rings is 2. The third kappa shape index (κ3) is 2.63. The Hall–Kier alpha value is -1.87. The first-order valence-corrected chi connectivity index (χ1v) is 5.60. The average Bonchev–Trinajstić information content (AvgIpc) is 2.38. The number of nitrogens with zero attached hydrogens (tertiary/aromatic N) is 1. The van der Waals surface area contributed by atoms with Crippen LogP contribution in [0.1, 0.15) is 5.56 Å². The molecule has 0 amide bonds. The number of hydrogen-bond donors (Lipinski definition) is 1. The summed E-state index contributed by atoms with van der Waals surface area (Å²) in [6, 6.07) is 14.2. The molecule has 17 heavy (non-hydrogen) atoms. The predicted molar refractivity (Wildman–Crippen MR) is 71.4 cm³/mol. The van der Waals surface area contributed by atoms with Gasteiger partial charge in [0.2, 0.25) is 0 Å². The Morgan fingerprint density at radius 1 is 1.18 bits per heavy atom. The first kappa shape index (κ1) is 11.6. The van der Waals surface area contributed by atoms with Gasteiger partial charge in [0.05, 0.1) is 13.2 Å². The first-order chi connectivity index (χ1) is 8.33. The highest BCUT2D eigenvalue weighted by Crippen LogP contribution is 2.18. The number of rotatable bonds is 4. The van der Waals surface area contributed by atoms with E-state index in [0.29, 0.717) is 19.0 Å². The van der Waals surface area contributed by atoms with E-state index in [9.17, 15) is 0 Å². The summed E-state index contributed by atoms with van der Waals surface area (Å²) < 4.78 is 4.95. The molecule has 0 fully saturated rings. The fraction of sp³-hybridized carbons (Fsp3) is 0.214. The monoisotopic (exact) mass is 228 g/mol. The van der Waals surface area contributed by atoms with Gasteiger partial charge >= 0.3 is 0 Å². The van der Waals surface area contributed by atoms with E-state index < -0.39 is 0 Å². The largest absolute Gasteiger partial charge is 0.383 e. The Balaban J connectivity index is 2.38. The zero-order valence-electron chi connectivity index (χ0n) is 9.89. The van der Waals surface area contributed by atoms with Crippen molar-refractivity contribution in [3.63, 3.8) is 0 Å². The Kier molecular flexibility index (Phi) is 3.73. The molecule has 0 radical (unpaired) electrons. The number of nitrogens with two attached hydrogens (primary N) is 1. The lowest BCUT2D eigenvalue weighted by molar-refractivity contribution is 0.208. The molecule has 0 heterocycles. The molecular formula is C14H16N2O. The van der Waals surface area contributed by atoms with Crippen molar-refractivity contribution in [3.05, 3.63) is 48.0 Å². The van der Waals surface area contributed by atoms with E-state index >= 15 is 0 Å². The molecule has 2 rings (SSSR count). The summed E-state index contributed by atoms with van der Waals surface area (Å²) in [7, 11) is 1.66. The van der Waals surface area contributed by atoms with Gasteiger partial charge in [-0.1, -0.05) is 42.5 Å². The molecular weight excluding hydrogens is 212 g/mol. The van der Waals surface area contributed by atoms with Crippen LogP contribution in [0.5, 0.6) is 0 Å². The second-order valence-electron chi connectivity index (χ2n) is 3.79. The van der Waals surface area contributed by atoms with Gasteiger partial charge in [-0.15, -0.1) is 0 Å². The summed E-state index contributed by atoms with van der Waals surface area (Å²) in [5, 5.41) is 2.31. The SMILES string of the molecule is COCCN=C(N)c1cccc2ccccc12. The van der Waals surface area contributed by atoms with Crippen LogP contribution in [0, 0.1) is 0 Å². The zero-order chi connectivity index (χ0) is 12.1. The molecule has 0 aliphatic carbocycles. The maximum Gasteiger partial charge on any atom is 0.126 e. The molecule has 0 saturated carbocycles. The van der Waals surface area contributed by atoms with Crippen LogP contribution < -0.4 is 5.73 Å². The maximum absolute atomic E-state index is 6.00. The summed E-state index contributed by atoms with van der Waals surface area (Å²) in [4.78, 5) is 4.30. The van der Waals surface area contributed by atoms with Crippen LogP contribution in [0.25, 0.3) is 10.8 Å². The third-order valence-electron chi connectivity index (χ3n) is 2.64. The van der Waals surface area contributed by atoms with Gasteiger partial charge in [0.15, 0.2) is 0 Å². The average molecular weight is 228 g/mol. The molecule has 0 atom stereocenters. The summed E-state index contributed by atoms with van der Waals surface area (Å²) in [6.45, 7) is 1.18. The fourth-order valence-corrected chi connectivity index (χ4v) is 1.79. The van der Waals surface area contributed by atoms with Crippen LogP contribution >= 0.6 is 0 Å². The second-order valence-corrected chi connectivity index (χ2v) is 3.79. The molecule has 2 aromatic carbocycles. The van der Waals surface area contributed by atoms with Gasteiger partial charge in [-0.05, 0) is 10.8 Å². The quantitative estimate of drug-likeness (QED) is 0.495. The van der Waals surface area contributed by atoms with E-state index in [1.807, 2.05) is 24.3 Å². The summed E-state index contributed by atoms with van der Waals surface area (Å²) in [6.07, 6.45) is 0. The van der Waals surface area contributed by atoms with Crippen molar-refractivity contribution in [2.24, 2.45) is 10.7 Å². The van der Waals surface area contributed by atoms with Crippen molar-refractivity contribution in [2.75, 3.05) is 20.3 Å². The van der Waals surface area contributed by atoms with Crippen LogP contribution in [0.3, 0.4) is 0 Å². The highest BCUT2D eigenvalue weighted by Gasteiger charge is 2.03. The molecule has 0 bridgehead atoms. The van der Waals surface area contributed by atoms with Crippen molar-refractivity contribution < 1.29 is 4.74 Å². The lowest BCUT2D eigenvalue weighted by atomic mass is 10.0. The molecule has 2 aromatic rings. The highest BCUT2D eigenvalue weighted by molar-refractivity contribution is 6.08. The molecule has 0 aromatic heterocycles. The molecule has 0 saturated heterocycles. The number of ether oxygens (including phenoxy) is 1. The molecule has 88 valence electrons. The fourth-order valence-electron chi connectivity index (χ4n) is 1.79. The number of aliphatic imine (C=N–C) groups is 1. The number of hydrogen-bond acceptors (Lipinski definition) is 2. The smallest absolute Gasteiger partial charge is 0.126 e. The minimum Gasteiger partial charge on any atom is -0.383 e. The second kappa shape index (κ2) is 5.46. The van der Waals surface area contributed by atoms with Crippen molar-refractivity contribution in [2.45, 2.75) is 0 Å². The number of amidine groups is 1. The zero-order valence-corrected chi connectivity index (χ0v) is 9.89. The van der Waals surface area contributed by atoms with E-state index in [2.05, 4.69) is 23.2 Å². The maximum atomic E-state index is 6.00. The third-order valence-corrected chi connectivity index (χ3v) is 2.64. The van der Waals surface area contributed by atoms with Gasteiger partial charge < -0.3 is 10.5 Å². The van der Waals surface area contributed by atoms with Gasteiger partial charge in [-0.2, -0.15) is 0 Å². The molecule has 0 aliphatic rings. The topological polar surface area (TPSA) is 47.6 Å². The normalized spacial score (nSPS) is 11.9. The Labute approximate surface area is 101 Å². The Bertz CT molecular complexity index is 529. The van der Waals surface area contributed by atoms with Gasteiger partial charge in [-0.3, -0.25) is 4.99 Å². The van der Waals surface area contributed by atoms with Crippen LogP contribution in [0.2, 0.25) is 0 Å². The number of fused-ring (bicyclic) bond motifs is 1. The van der Waals surface area contributed by atoms with E-state index in [1.165, 1.54) is 5.39 Å².